The first-order valence-corrected chi connectivity index (χ1v) is 11.1. The summed E-state index contributed by atoms with van der Waals surface area (Å²) in [6.45, 7) is 2.83. The highest BCUT2D eigenvalue weighted by Crippen LogP contribution is 2.59. The number of likely N-dealkylation sites (tertiary alicyclic amines) is 1. The molecule has 3 aliphatic rings. The van der Waals surface area contributed by atoms with E-state index in [1.807, 2.05) is 0 Å². The molecule has 3 saturated heterocycles. The van der Waals surface area contributed by atoms with Crippen LogP contribution >= 0.6 is 15.9 Å². The summed E-state index contributed by atoms with van der Waals surface area (Å²) in [5.41, 5.74) is -1.00. The summed E-state index contributed by atoms with van der Waals surface area (Å²) in [6, 6.07) is -0.780. The average Bonchev–Trinajstić information content (AvgIpc) is 3.26. The van der Waals surface area contributed by atoms with E-state index >= 15 is 0 Å². The van der Waals surface area contributed by atoms with Crippen LogP contribution in [0.25, 0.3) is 0 Å². The highest BCUT2D eigenvalue weighted by Gasteiger charge is 2.76. The molecule has 3 aliphatic heterocycles. The number of aliphatic hydroxyl groups excluding tert-OH is 1. The zero-order chi connectivity index (χ0) is 20.5. The van der Waals surface area contributed by atoms with Gasteiger partial charge in [-0.3, -0.25) is 14.4 Å². The van der Waals surface area contributed by atoms with Gasteiger partial charge in [0.15, 0.2) is 0 Å². The lowest BCUT2D eigenvalue weighted by Crippen LogP contribution is -2.56. The Hall–Kier alpha value is -1.19. The van der Waals surface area contributed by atoms with Crippen LogP contribution in [-0.2, 0) is 19.1 Å². The fraction of sp³-hybridized carbons (Fsp3) is 0.842. The van der Waals surface area contributed by atoms with Gasteiger partial charge in [-0.1, -0.05) is 35.7 Å². The molecular formula is C19H30BrN3O5. The predicted molar refractivity (Wildman–Crippen MR) is 106 cm³/mol. The van der Waals surface area contributed by atoms with Crippen molar-refractivity contribution in [3.05, 3.63) is 0 Å². The van der Waals surface area contributed by atoms with Crippen LogP contribution in [0, 0.1) is 11.8 Å². The van der Waals surface area contributed by atoms with Crippen LogP contribution in [0.3, 0.4) is 0 Å². The smallest absolute Gasteiger partial charge is 0.245 e. The molecule has 0 aromatic carbocycles. The topological polar surface area (TPSA) is 108 Å². The first-order valence-electron chi connectivity index (χ1n) is 10.2. The number of hydrogen-bond acceptors (Lipinski definition) is 5. The Morgan fingerprint density at radius 2 is 2.07 bits per heavy atom. The van der Waals surface area contributed by atoms with E-state index in [0.29, 0.717) is 19.4 Å². The first-order chi connectivity index (χ1) is 13.4. The van der Waals surface area contributed by atoms with Crippen molar-refractivity contribution in [3.63, 3.8) is 0 Å². The van der Waals surface area contributed by atoms with Gasteiger partial charge < -0.3 is 25.4 Å². The van der Waals surface area contributed by atoms with Crippen LogP contribution in [0.15, 0.2) is 0 Å². The van der Waals surface area contributed by atoms with E-state index in [1.54, 1.807) is 7.05 Å². The highest BCUT2D eigenvalue weighted by atomic mass is 79.9. The molecule has 6 atom stereocenters. The molecule has 0 aromatic heterocycles. The zero-order valence-corrected chi connectivity index (χ0v) is 18.0. The Labute approximate surface area is 173 Å². The predicted octanol–water partition coefficient (Wildman–Crippen LogP) is 0.169. The Kier molecular flexibility index (Phi) is 6.66. The summed E-state index contributed by atoms with van der Waals surface area (Å²) >= 11 is 3.60. The van der Waals surface area contributed by atoms with Gasteiger partial charge in [0.1, 0.15) is 11.6 Å². The van der Waals surface area contributed by atoms with Crippen molar-refractivity contribution in [1.82, 2.24) is 15.5 Å². The Morgan fingerprint density at radius 1 is 1.32 bits per heavy atom. The molecule has 3 N–H and O–H groups in total. The third-order valence-electron chi connectivity index (χ3n) is 6.22. The number of aliphatic hydroxyl groups is 1. The molecule has 0 aromatic rings. The molecule has 3 rings (SSSR count). The number of nitrogens with zero attached hydrogens (tertiary/aromatic N) is 1. The van der Waals surface area contributed by atoms with E-state index in [0.717, 1.165) is 19.3 Å². The average molecular weight is 460 g/mol. The van der Waals surface area contributed by atoms with E-state index in [1.165, 1.54) is 4.90 Å². The first kappa shape index (κ1) is 21.5. The fourth-order valence-corrected chi connectivity index (χ4v) is 6.00. The Morgan fingerprint density at radius 3 is 2.71 bits per heavy atom. The molecule has 158 valence electrons. The second-order valence-electron chi connectivity index (χ2n) is 7.88. The molecule has 8 nitrogen and oxygen atoms in total. The number of carbonyl (C=O) groups excluding carboxylic acids is 3. The van der Waals surface area contributed by atoms with Gasteiger partial charge in [0.2, 0.25) is 17.7 Å². The van der Waals surface area contributed by atoms with Crippen molar-refractivity contribution in [2.24, 2.45) is 11.8 Å². The van der Waals surface area contributed by atoms with Gasteiger partial charge in [0.25, 0.3) is 0 Å². The number of rotatable bonds is 9. The van der Waals surface area contributed by atoms with Crippen LogP contribution < -0.4 is 10.6 Å². The van der Waals surface area contributed by atoms with Crippen LogP contribution in [0.4, 0.5) is 0 Å². The van der Waals surface area contributed by atoms with Gasteiger partial charge in [0.05, 0.1) is 17.9 Å². The monoisotopic (exact) mass is 459 g/mol. The molecule has 3 heterocycles. The maximum absolute atomic E-state index is 13.3. The third-order valence-corrected chi connectivity index (χ3v) is 7.07. The molecule has 0 saturated carbocycles. The van der Waals surface area contributed by atoms with Crippen LogP contribution in [0.2, 0.25) is 0 Å². The van der Waals surface area contributed by atoms with Crippen molar-refractivity contribution in [3.8, 4) is 0 Å². The largest absolute Gasteiger partial charge is 0.396 e. The van der Waals surface area contributed by atoms with Gasteiger partial charge in [-0.15, -0.1) is 0 Å². The summed E-state index contributed by atoms with van der Waals surface area (Å²) in [7, 11) is 1.55. The minimum Gasteiger partial charge on any atom is -0.396 e. The van der Waals surface area contributed by atoms with Crippen LogP contribution in [0.5, 0.6) is 0 Å². The van der Waals surface area contributed by atoms with E-state index < -0.39 is 29.6 Å². The van der Waals surface area contributed by atoms with Crippen molar-refractivity contribution in [2.45, 2.75) is 61.6 Å². The highest BCUT2D eigenvalue weighted by molar-refractivity contribution is 9.09. The number of hydrogen-bond donors (Lipinski definition) is 3. The van der Waals surface area contributed by atoms with Crippen LogP contribution in [0.1, 0.15) is 39.0 Å². The zero-order valence-electron chi connectivity index (χ0n) is 16.4. The number of unbranched alkanes of at least 4 members (excludes halogenated alkanes) is 2. The Bertz CT molecular complexity index is 633. The number of amides is 3. The molecule has 0 radical (unpaired) electrons. The van der Waals surface area contributed by atoms with Crippen molar-refractivity contribution in [2.75, 3.05) is 26.7 Å². The number of ether oxygens (including phenoxy) is 1. The van der Waals surface area contributed by atoms with Crippen molar-refractivity contribution >= 4 is 33.7 Å². The van der Waals surface area contributed by atoms with Gasteiger partial charge in [-0.25, -0.2) is 0 Å². The maximum atomic E-state index is 13.3. The number of nitrogens with one attached hydrogen (secondary N) is 2. The van der Waals surface area contributed by atoms with Gasteiger partial charge in [0, 0.05) is 31.6 Å². The molecule has 2 bridgehead atoms. The summed E-state index contributed by atoms with van der Waals surface area (Å²) in [6.07, 6.45) is 3.40. The number of fused-ring (bicyclic) bond motifs is 1. The maximum Gasteiger partial charge on any atom is 0.245 e. The second kappa shape index (κ2) is 8.67. The lowest BCUT2D eigenvalue weighted by atomic mass is 9.70. The summed E-state index contributed by atoms with van der Waals surface area (Å²) in [4.78, 5) is 40.4. The quantitative estimate of drug-likeness (QED) is 0.336. The van der Waals surface area contributed by atoms with E-state index in [9.17, 15) is 19.5 Å². The summed E-state index contributed by atoms with van der Waals surface area (Å²) in [5.74, 6) is -1.98. The minimum absolute atomic E-state index is 0.0737. The van der Waals surface area contributed by atoms with Crippen molar-refractivity contribution < 1.29 is 24.2 Å². The lowest BCUT2D eigenvalue weighted by Gasteiger charge is -2.34. The molecule has 3 unspecified atom stereocenters. The van der Waals surface area contributed by atoms with E-state index in [4.69, 9.17) is 4.74 Å². The molecule has 1 spiro atoms. The molecule has 0 aliphatic carbocycles. The third kappa shape index (κ3) is 3.35. The van der Waals surface area contributed by atoms with E-state index in [-0.39, 0.29) is 35.7 Å². The number of halogens is 1. The fourth-order valence-electron chi connectivity index (χ4n) is 5.06. The van der Waals surface area contributed by atoms with Gasteiger partial charge in [-0.2, -0.15) is 0 Å². The SMILES string of the molecule is CCCCCNC(=O)C1N(CCCO)C(=O)[C@@H]2[C@@H](C(=O)NC)[C@@H]3OC12CC3Br. The van der Waals surface area contributed by atoms with Gasteiger partial charge in [-0.05, 0) is 19.3 Å². The summed E-state index contributed by atoms with van der Waals surface area (Å²) < 4.78 is 6.28. The van der Waals surface area contributed by atoms with Crippen molar-refractivity contribution in [1.29, 1.82) is 0 Å². The van der Waals surface area contributed by atoms with E-state index in [2.05, 4.69) is 33.5 Å². The second-order valence-corrected chi connectivity index (χ2v) is 9.06. The molecule has 28 heavy (non-hydrogen) atoms. The number of carbonyl (C=O) groups is 3. The molecule has 3 fully saturated rings. The molecule has 9 heteroatoms. The standard InChI is InChI=1S/C19H30BrN3O5/c1-3-4-5-7-22-17(26)15-19-10-11(20)14(28-19)12(16(25)21-2)13(19)18(27)23(15)8-6-9-24/h11-15,24H,3-10H2,1-2H3,(H,21,25)(H,22,26)/t11?,12-,13+,14-,15?,19?/m1/s1. The van der Waals surface area contributed by atoms with Gasteiger partial charge >= 0.3 is 0 Å². The molecular weight excluding hydrogens is 430 g/mol. The Balaban J connectivity index is 1.90. The molecule has 3 amide bonds. The minimum atomic E-state index is -1.00. The number of alkyl halides is 1. The lowest BCUT2D eigenvalue weighted by molar-refractivity contribution is -0.142. The normalized spacial score (nSPS) is 35.9. The van der Waals surface area contributed by atoms with Crippen LogP contribution in [-0.4, -0.2) is 77.0 Å². The summed E-state index contributed by atoms with van der Waals surface area (Å²) in [5, 5.41) is 14.8.